The van der Waals surface area contributed by atoms with Crippen LogP contribution < -0.4 is 9.62 Å². The molecule has 1 aliphatic rings. The lowest BCUT2D eigenvalue weighted by Crippen LogP contribution is -2.28. The van der Waals surface area contributed by atoms with Crippen molar-refractivity contribution < 1.29 is 13.2 Å². The minimum atomic E-state index is -3.74. The van der Waals surface area contributed by atoms with Gasteiger partial charge >= 0.3 is 0 Å². The van der Waals surface area contributed by atoms with E-state index in [1.807, 2.05) is 55.5 Å². The number of aromatic nitrogens is 1. The van der Waals surface area contributed by atoms with Crippen molar-refractivity contribution >= 4 is 27.3 Å². The second-order valence-electron chi connectivity index (χ2n) is 7.14. The Kier molecular flexibility index (Phi) is 4.92. The Bertz CT molecular complexity index is 1180. The molecule has 2 aromatic carbocycles. The highest BCUT2D eigenvalue weighted by atomic mass is 32.2. The SMILES string of the molecule is CCc1cccc(NC(=O)c2cc(S(=O)(=O)N3CCc4ccccc43)cn2C)c1. The summed E-state index contributed by atoms with van der Waals surface area (Å²) in [6, 6.07) is 16.6. The van der Waals surface area contributed by atoms with Crippen LogP contribution in [0.2, 0.25) is 0 Å². The Balaban J connectivity index is 1.61. The number of hydrogen-bond donors (Lipinski definition) is 1. The highest BCUT2D eigenvalue weighted by Gasteiger charge is 2.32. The summed E-state index contributed by atoms with van der Waals surface area (Å²) in [6.07, 6.45) is 3.05. The molecule has 29 heavy (non-hydrogen) atoms. The first-order valence-corrected chi connectivity index (χ1v) is 11.0. The molecule has 0 saturated carbocycles. The fourth-order valence-corrected chi connectivity index (χ4v) is 5.23. The average Bonchev–Trinajstić information content (AvgIpc) is 3.32. The van der Waals surface area contributed by atoms with Gasteiger partial charge in [0.25, 0.3) is 15.9 Å². The zero-order chi connectivity index (χ0) is 20.6. The third-order valence-electron chi connectivity index (χ3n) is 5.24. The van der Waals surface area contributed by atoms with Crippen molar-refractivity contribution in [1.82, 2.24) is 4.57 Å². The van der Waals surface area contributed by atoms with Gasteiger partial charge in [0.05, 0.1) is 5.69 Å². The van der Waals surface area contributed by atoms with E-state index in [0.29, 0.717) is 24.3 Å². The van der Waals surface area contributed by atoms with E-state index in [2.05, 4.69) is 5.32 Å². The Morgan fingerprint density at radius 2 is 1.90 bits per heavy atom. The minimum absolute atomic E-state index is 0.115. The Morgan fingerprint density at radius 1 is 1.10 bits per heavy atom. The Hall–Kier alpha value is -3.06. The third kappa shape index (κ3) is 3.53. The fourth-order valence-electron chi connectivity index (χ4n) is 3.65. The van der Waals surface area contributed by atoms with E-state index in [-0.39, 0.29) is 16.5 Å². The van der Waals surface area contributed by atoms with E-state index < -0.39 is 10.0 Å². The molecule has 1 amide bonds. The summed E-state index contributed by atoms with van der Waals surface area (Å²) in [7, 11) is -2.06. The lowest BCUT2D eigenvalue weighted by Gasteiger charge is -2.18. The molecule has 0 saturated heterocycles. The van der Waals surface area contributed by atoms with Crippen molar-refractivity contribution in [2.24, 2.45) is 7.05 Å². The minimum Gasteiger partial charge on any atom is -0.345 e. The quantitative estimate of drug-likeness (QED) is 0.700. The number of nitrogens with one attached hydrogen (secondary N) is 1. The van der Waals surface area contributed by atoms with Gasteiger partial charge in [0.15, 0.2) is 0 Å². The van der Waals surface area contributed by atoms with Gasteiger partial charge in [0.2, 0.25) is 0 Å². The number of para-hydroxylation sites is 1. The molecule has 3 aromatic rings. The number of sulfonamides is 1. The Labute approximate surface area is 170 Å². The Morgan fingerprint density at radius 3 is 2.69 bits per heavy atom. The molecule has 0 spiro atoms. The topological polar surface area (TPSA) is 71.4 Å². The van der Waals surface area contributed by atoms with Crippen molar-refractivity contribution in [2.75, 3.05) is 16.2 Å². The van der Waals surface area contributed by atoms with Gasteiger partial charge in [-0.25, -0.2) is 8.42 Å². The zero-order valence-electron chi connectivity index (χ0n) is 16.4. The van der Waals surface area contributed by atoms with Gasteiger partial charge in [-0.3, -0.25) is 9.10 Å². The van der Waals surface area contributed by atoms with Crippen molar-refractivity contribution in [3.05, 3.63) is 77.6 Å². The molecule has 0 unspecified atom stereocenters. The van der Waals surface area contributed by atoms with Crippen LogP contribution in [-0.2, 0) is 29.9 Å². The number of benzene rings is 2. The number of rotatable bonds is 5. The number of aryl methyl sites for hydroxylation is 2. The molecule has 1 aliphatic heterocycles. The van der Waals surface area contributed by atoms with Crippen LogP contribution in [-0.4, -0.2) is 25.4 Å². The van der Waals surface area contributed by atoms with Gasteiger partial charge in [-0.05, 0) is 48.2 Å². The molecular formula is C22H23N3O3S. The van der Waals surface area contributed by atoms with E-state index in [1.54, 1.807) is 11.6 Å². The number of amides is 1. The number of carbonyl (C=O) groups is 1. The summed E-state index contributed by atoms with van der Waals surface area (Å²) in [6.45, 7) is 2.45. The molecule has 0 bridgehead atoms. The van der Waals surface area contributed by atoms with Crippen molar-refractivity contribution in [3.8, 4) is 0 Å². The second-order valence-corrected chi connectivity index (χ2v) is 9.00. The van der Waals surface area contributed by atoms with Crippen molar-refractivity contribution in [3.63, 3.8) is 0 Å². The monoisotopic (exact) mass is 409 g/mol. The lowest BCUT2D eigenvalue weighted by atomic mass is 10.1. The maximum absolute atomic E-state index is 13.2. The van der Waals surface area contributed by atoms with Gasteiger partial charge in [-0.2, -0.15) is 0 Å². The summed E-state index contributed by atoms with van der Waals surface area (Å²) in [5.74, 6) is -0.343. The molecule has 4 rings (SSSR count). The maximum atomic E-state index is 13.2. The van der Waals surface area contributed by atoms with Gasteiger partial charge < -0.3 is 9.88 Å². The van der Waals surface area contributed by atoms with Gasteiger partial charge in [-0.1, -0.05) is 37.3 Å². The van der Waals surface area contributed by atoms with Crippen LogP contribution >= 0.6 is 0 Å². The molecule has 0 fully saturated rings. The standard InChI is InChI=1S/C22H23N3O3S/c1-3-16-7-6-9-18(13-16)23-22(26)21-14-19(15-24(21)2)29(27,28)25-12-11-17-8-4-5-10-20(17)25/h4-10,13-15H,3,11-12H2,1-2H3,(H,23,26). The molecular weight excluding hydrogens is 386 g/mol. The highest BCUT2D eigenvalue weighted by molar-refractivity contribution is 7.92. The molecule has 0 aliphatic carbocycles. The molecule has 7 heteroatoms. The average molecular weight is 410 g/mol. The zero-order valence-corrected chi connectivity index (χ0v) is 17.2. The van der Waals surface area contributed by atoms with Crippen LogP contribution in [0.15, 0.2) is 65.7 Å². The van der Waals surface area contributed by atoms with Crippen LogP contribution in [0.5, 0.6) is 0 Å². The lowest BCUT2D eigenvalue weighted by molar-refractivity contribution is 0.101. The van der Waals surface area contributed by atoms with Gasteiger partial charge in [0, 0.05) is 25.5 Å². The number of hydrogen-bond acceptors (Lipinski definition) is 3. The molecule has 0 atom stereocenters. The highest BCUT2D eigenvalue weighted by Crippen LogP contribution is 2.33. The molecule has 6 nitrogen and oxygen atoms in total. The van der Waals surface area contributed by atoms with Crippen molar-refractivity contribution in [2.45, 2.75) is 24.7 Å². The van der Waals surface area contributed by atoms with Crippen LogP contribution in [0.1, 0.15) is 28.5 Å². The summed E-state index contributed by atoms with van der Waals surface area (Å²) >= 11 is 0. The number of anilines is 2. The predicted octanol–water partition coefficient (Wildman–Crippen LogP) is 3.59. The second kappa shape index (κ2) is 7.40. The molecule has 0 radical (unpaired) electrons. The van der Waals surface area contributed by atoms with Crippen LogP contribution in [0, 0.1) is 0 Å². The molecule has 2 heterocycles. The van der Waals surface area contributed by atoms with E-state index in [4.69, 9.17) is 0 Å². The van der Waals surface area contributed by atoms with E-state index in [9.17, 15) is 13.2 Å². The molecule has 1 aromatic heterocycles. The maximum Gasteiger partial charge on any atom is 0.272 e. The third-order valence-corrected chi connectivity index (χ3v) is 7.02. The van der Waals surface area contributed by atoms with Gasteiger partial charge in [-0.15, -0.1) is 0 Å². The number of nitrogens with zero attached hydrogens (tertiary/aromatic N) is 2. The van der Waals surface area contributed by atoms with Crippen LogP contribution in [0.3, 0.4) is 0 Å². The first kappa shape index (κ1) is 19.3. The van der Waals surface area contributed by atoms with E-state index in [0.717, 1.165) is 17.5 Å². The van der Waals surface area contributed by atoms with E-state index >= 15 is 0 Å². The normalized spacial score (nSPS) is 13.4. The van der Waals surface area contributed by atoms with Crippen LogP contribution in [0.25, 0.3) is 0 Å². The first-order valence-electron chi connectivity index (χ1n) is 9.57. The number of carbonyl (C=O) groups excluding carboxylic acids is 1. The summed E-state index contributed by atoms with van der Waals surface area (Å²) in [5, 5.41) is 2.86. The predicted molar refractivity (Wildman–Crippen MR) is 114 cm³/mol. The summed E-state index contributed by atoms with van der Waals surface area (Å²) in [4.78, 5) is 12.9. The fraction of sp³-hybridized carbons (Fsp3) is 0.227. The smallest absolute Gasteiger partial charge is 0.272 e. The summed E-state index contributed by atoms with van der Waals surface area (Å²) in [5.41, 5.74) is 3.82. The molecule has 150 valence electrons. The largest absolute Gasteiger partial charge is 0.345 e. The summed E-state index contributed by atoms with van der Waals surface area (Å²) < 4.78 is 29.4. The van der Waals surface area contributed by atoms with Crippen molar-refractivity contribution in [1.29, 1.82) is 0 Å². The first-order chi connectivity index (χ1) is 13.9. The van der Waals surface area contributed by atoms with E-state index in [1.165, 1.54) is 16.6 Å². The number of fused-ring (bicyclic) bond motifs is 1. The van der Waals surface area contributed by atoms with Crippen LogP contribution in [0.4, 0.5) is 11.4 Å². The van der Waals surface area contributed by atoms with Gasteiger partial charge in [0.1, 0.15) is 10.6 Å². The molecule has 1 N–H and O–H groups in total.